The molecule has 1 rings (SSSR count). The van der Waals surface area contributed by atoms with Crippen molar-refractivity contribution in [3.05, 3.63) is 23.8 Å². The van der Waals surface area contributed by atoms with Crippen LogP contribution in [0.25, 0.3) is 0 Å². The van der Waals surface area contributed by atoms with E-state index in [1.54, 1.807) is 12.1 Å². The third-order valence-corrected chi connectivity index (χ3v) is 2.46. The van der Waals surface area contributed by atoms with Gasteiger partial charge in [0, 0.05) is 25.5 Å². The maximum Gasteiger partial charge on any atom is 0.411 e. The predicted molar refractivity (Wildman–Crippen MR) is 71.0 cm³/mol. The monoisotopic (exact) mass is 290 g/mol. The van der Waals surface area contributed by atoms with E-state index in [2.05, 4.69) is 10.1 Å². The molecule has 1 aromatic rings. The second kappa shape index (κ2) is 6.60. The van der Waals surface area contributed by atoms with Gasteiger partial charge >= 0.3 is 6.18 Å². The number of benzene rings is 1. The fourth-order valence-corrected chi connectivity index (χ4v) is 1.69. The molecule has 0 bridgehead atoms. The number of hydrogen-bond donors (Lipinski definition) is 1. The van der Waals surface area contributed by atoms with E-state index < -0.39 is 25.3 Å². The molecular weight excluding hydrogens is 273 g/mol. The maximum atomic E-state index is 11.8. The van der Waals surface area contributed by atoms with Crippen LogP contribution >= 0.6 is 0 Å². The number of anilines is 2. The number of nitrogens with one attached hydrogen (secondary N) is 1. The number of carbonyl (C=O) groups excluding carboxylic acids is 1. The van der Waals surface area contributed by atoms with Crippen LogP contribution < -0.4 is 10.2 Å². The van der Waals surface area contributed by atoms with Crippen molar-refractivity contribution in [1.29, 1.82) is 0 Å². The first-order valence-corrected chi connectivity index (χ1v) is 5.91. The summed E-state index contributed by atoms with van der Waals surface area (Å²) in [5, 5.41) is 2.49. The highest BCUT2D eigenvalue weighted by Gasteiger charge is 2.27. The van der Waals surface area contributed by atoms with Crippen LogP contribution in [0.3, 0.4) is 0 Å². The highest BCUT2D eigenvalue weighted by Crippen LogP contribution is 2.21. The molecule has 0 fully saturated rings. The number of halogens is 3. The van der Waals surface area contributed by atoms with E-state index in [9.17, 15) is 18.0 Å². The first-order chi connectivity index (χ1) is 9.19. The van der Waals surface area contributed by atoms with Crippen LogP contribution in [0.2, 0.25) is 0 Å². The van der Waals surface area contributed by atoms with Crippen molar-refractivity contribution in [3.63, 3.8) is 0 Å². The van der Waals surface area contributed by atoms with E-state index in [0.717, 1.165) is 11.3 Å². The van der Waals surface area contributed by atoms with Crippen molar-refractivity contribution in [2.45, 2.75) is 13.1 Å². The van der Waals surface area contributed by atoms with Crippen LogP contribution in [0, 0.1) is 6.92 Å². The van der Waals surface area contributed by atoms with Crippen LogP contribution in [-0.4, -0.2) is 39.4 Å². The third kappa shape index (κ3) is 5.48. The molecule has 7 heteroatoms. The van der Waals surface area contributed by atoms with Crippen molar-refractivity contribution in [3.8, 4) is 0 Å². The minimum Gasteiger partial charge on any atom is -0.377 e. The molecule has 0 unspecified atom stereocenters. The van der Waals surface area contributed by atoms with E-state index >= 15 is 0 Å². The molecule has 1 N–H and O–H groups in total. The lowest BCUT2D eigenvalue weighted by atomic mass is 10.1. The molecule has 1 aromatic carbocycles. The molecule has 112 valence electrons. The average Bonchev–Trinajstić information content (AvgIpc) is 2.26. The largest absolute Gasteiger partial charge is 0.411 e. The van der Waals surface area contributed by atoms with Gasteiger partial charge in [0.05, 0.1) is 0 Å². The SMILES string of the molecule is Cc1cc(NC(=O)COCC(F)(F)F)ccc1N(C)C. The summed E-state index contributed by atoms with van der Waals surface area (Å²) in [5.41, 5.74) is 2.47. The highest BCUT2D eigenvalue weighted by molar-refractivity contribution is 5.92. The van der Waals surface area contributed by atoms with Gasteiger partial charge in [0.25, 0.3) is 0 Å². The molecule has 0 saturated heterocycles. The summed E-state index contributed by atoms with van der Waals surface area (Å²) < 4.78 is 39.8. The van der Waals surface area contributed by atoms with Crippen LogP contribution in [-0.2, 0) is 9.53 Å². The Kier molecular flexibility index (Phi) is 5.38. The van der Waals surface area contributed by atoms with Crippen LogP contribution in [0.4, 0.5) is 24.5 Å². The van der Waals surface area contributed by atoms with E-state index in [4.69, 9.17) is 0 Å². The Balaban J connectivity index is 2.52. The number of carbonyl (C=O) groups is 1. The number of hydrogen-bond acceptors (Lipinski definition) is 3. The molecule has 0 aromatic heterocycles. The molecular formula is C13H17F3N2O2. The summed E-state index contributed by atoms with van der Waals surface area (Å²) in [6, 6.07) is 5.25. The van der Waals surface area contributed by atoms with E-state index in [-0.39, 0.29) is 0 Å². The topological polar surface area (TPSA) is 41.6 Å². The molecule has 0 atom stereocenters. The van der Waals surface area contributed by atoms with Gasteiger partial charge in [-0.05, 0) is 30.7 Å². The van der Waals surface area contributed by atoms with Gasteiger partial charge in [-0.1, -0.05) is 0 Å². The van der Waals surface area contributed by atoms with Crippen LogP contribution in [0.5, 0.6) is 0 Å². The number of amides is 1. The van der Waals surface area contributed by atoms with Gasteiger partial charge in [0.2, 0.25) is 5.91 Å². The molecule has 0 heterocycles. The first kappa shape index (κ1) is 16.3. The lowest BCUT2D eigenvalue weighted by molar-refractivity contribution is -0.174. The summed E-state index contributed by atoms with van der Waals surface area (Å²) in [4.78, 5) is 13.3. The van der Waals surface area contributed by atoms with Crippen molar-refractivity contribution in [2.24, 2.45) is 0 Å². The standard InChI is InChI=1S/C13H17F3N2O2/c1-9-6-10(4-5-11(9)18(2)3)17-12(19)7-20-8-13(14,15)16/h4-6H,7-8H2,1-3H3,(H,17,19). The average molecular weight is 290 g/mol. The summed E-state index contributed by atoms with van der Waals surface area (Å²) in [7, 11) is 3.79. The van der Waals surface area contributed by atoms with Crippen LogP contribution in [0.15, 0.2) is 18.2 Å². The van der Waals surface area contributed by atoms with Gasteiger partial charge in [-0.25, -0.2) is 0 Å². The second-order valence-electron chi connectivity index (χ2n) is 4.55. The van der Waals surface area contributed by atoms with Gasteiger partial charge in [-0.3, -0.25) is 4.79 Å². The zero-order valence-corrected chi connectivity index (χ0v) is 11.5. The first-order valence-electron chi connectivity index (χ1n) is 5.91. The predicted octanol–water partition coefficient (Wildman–Crippen LogP) is 2.58. The smallest absolute Gasteiger partial charge is 0.377 e. The normalized spacial score (nSPS) is 11.3. The Hall–Kier alpha value is -1.76. The van der Waals surface area contributed by atoms with Crippen LogP contribution in [0.1, 0.15) is 5.56 Å². The van der Waals surface area contributed by atoms with Gasteiger partial charge in [-0.15, -0.1) is 0 Å². The van der Waals surface area contributed by atoms with Gasteiger partial charge < -0.3 is 15.0 Å². The fourth-order valence-electron chi connectivity index (χ4n) is 1.69. The van der Waals surface area contributed by atoms with Crippen molar-refractivity contribution in [1.82, 2.24) is 0 Å². The summed E-state index contributed by atoms with van der Waals surface area (Å²) in [5.74, 6) is -0.619. The zero-order valence-electron chi connectivity index (χ0n) is 11.5. The summed E-state index contributed by atoms with van der Waals surface area (Å²) in [6.07, 6.45) is -4.43. The van der Waals surface area contributed by atoms with E-state index in [1.807, 2.05) is 32.0 Å². The second-order valence-corrected chi connectivity index (χ2v) is 4.55. The molecule has 0 aliphatic rings. The van der Waals surface area contributed by atoms with Gasteiger partial charge in [0.15, 0.2) is 0 Å². The molecule has 0 aliphatic heterocycles. The lowest BCUT2D eigenvalue weighted by Crippen LogP contribution is -2.24. The quantitative estimate of drug-likeness (QED) is 0.906. The molecule has 1 amide bonds. The fraction of sp³-hybridized carbons (Fsp3) is 0.462. The summed E-state index contributed by atoms with van der Waals surface area (Å²) in [6.45, 7) is -0.182. The molecule has 0 aliphatic carbocycles. The van der Waals surface area contributed by atoms with E-state index in [1.165, 1.54) is 0 Å². The summed E-state index contributed by atoms with van der Waals surface area (Å²) >= 11 is 0. The number of nitrogens with zero attached hydrogens (tertiary/aromatic N) is 1. The molecule has 0 saturated carbocycles. The highest BCUT2D eigenvalue weighted by atomic mass is 19.4. The zero-order chi connectivity index (χ0) is 15.3. The van der Waals surface area contributed by atoms with Gasteiger partial charge in [0.1, 0.15) is 13.2 Å². The van der Waals surface area contributed by atoms with Crippen molar-refractivity contribution in [2.75, 3.05) is 37.5 Å². The lowest BCUT2D eigenvalue weighted by Gasteiger charge is -2.16. The minimum atomic E-state index is -4.43. The number of rotatable bonds is 5. The maximum absolute atomic E-state index is 11.8. The Morgan fingerprint density at radius 2 is 2.00 bits per heavy atom. The Bertz CT molecular complexity index is 473. The molecule has 0 radical (unpaired) electrons. The Morgan fingerprint density at radius 3 is 2.50 bits per heavy atom. The molecule has 0 spiro atoms. The van der Waals surface area contributed by atoms with Crippen molar-refractivity contribution < 1.29 is 22.7 Å². The van der Waals surface area contributed by atoms with Gasteiger partial charge in [-0.2, -0.15) is 13.2 Å². The van der Waals surface area contributed by atoms with Crippen molar-refractivity contribution >= 4 is 17.3 Å². The Morgan fingerprint density at radius 1 is 1.35 bits per heavy atom. The molecule has 20 heavy (non-hydrogen) atoms. The van der Waals surface area contributed by atoms with E-state index in [0.29, 0.717) is 5.69 Å². The third-order valence-electron chi connectivity index (χ3n) is 2.46. The number of alkyl halides is 3. The minimum absolute atomic E-state index is 0.522. The Labute approximate surface area is 115 Å². The number of aryl methyl sites for hydroxylation is 1. The number of ether oxygens (including phenoxy) is 1. The molecule has 4 nitrogen and oxygen atoms in total.